The standard InChI is InChI=1S/C22H22N2O/c1-15-4-8-18(9-5-15)17(3)24-22(25)21-12-20(13-23-14-21)19-10-6-16(2)7-11-19/h4-14,17H,1-3H3,(H,24,25). The Morgan fingerprint density at radius 1 is 0.880 bits per heavy atom. The molecule has 0 fully saturated rings. The third-order valence-electron chi connectivity index (χ3n) is 4.31. The fourth-order valence-corrected chi connectivity index (χ4v) is 2.69. The number of aryl methyl sites for hydroxylation is 2. The number of nitrogens with zero attached hydrogens (tertiary/aromatic N) is 1. The van der Waals surface area contributed by atoms with E-state index in [-0.39, 0.29) is 11.9 Å². The minimum Gasteiger partial charge on any atom is -0.345 e. The van der Waals surface area contributed by atoms with Gasteiger partial charge in [-0.25, -0.2) is 0 Å². The molecule has 3 rings (SSSR count). The van der Waals surface area contributed by atoms with Crippen LogP contribution in [-0.4, -0.2) is 10.9 Å². The Balaban J connectivity index is 1.77. The summed E-state index contributed by atoms with van der Waals surface area (Å²) in [5.74, 6) is -0.116. The third kappa shape index (κ3) is 4.13. The van der Waals surface area contributed by atoms with Crippen LogP contribution >= 0.6 is 0 Å². The summed E-state index contributed by atoms with van der Waals surface area (Å²) in [6, 6.07) is 18.2. The molecule has 3 heteroatoms. The lowest BCUT2D eigenvalue weighted by molar-refractivity contribution is 0.0939. The van der Waals surface area contributed by atoms with Gasteiger partial charge in [-0.05, 0) is 38.0 Å². The molecule has 126 valence electrons. The van der Waals surface area contributed by atoms with E-state index in [4.69, 9.17) is 0 Å². The third-order valence-corrected chi connectivity index (χ3v) is 4.31. The molecule has 3 nitrogen and oxygen atoms in total. The van der Waals surface area contributed by atoms with Gasteiger partial charge in [-0.3, -0.25) is 9.78 Å². The van der Waals surface area contributed by atoms with Gasteiger partial charge in [0, 0.05) is 18.0 Å². The van der Waals surface area contributed by atoms with Crippen molar-refractivity contribution in [1.29, 1.82) is 0 Å². The number of nitrogens with one attached hydrogen (secondary N) is 1. The summed E-state index contributed by atoms with van der Waals surface area (Å²) in [5.41, 5.74) is 6.06. The molecule has 0 bridgehead atoms. The normalized spacial score (nSPS) is 11.8. The SMILES string of the molecule is Cc1ccc(-c2cncc(C(=O)NC(C)c3ccc(C)cc3)c2)cc1. The Bertz CT molecular complexity index is 867. The van der Waals surface area contributed by atoms with E-state index in [9.17, 15) is 4.79 Å². The molecule has 0 radical (unpaired) electrons. The van der Waals surface area contributed by atoms with Gasteiger partial charge in [0.05, 0.1) is 11.6 Å². The van der Waals surface area contributed by atoms with Gasteiger partial charge in [0.25, 0.3) is 5.91 Å². The Labute approximate surface area is 148 Å². The van der Waals surface area contributed by atoms with E-state index in [2.05, 4.69) is 48.4 Å². The topological polar surface area (TPSA) is 42.0 Å². The molecule has 1 unspecified atom stereocenters. The van der Waals surface area contributed by atoms with Crippen LogP contribution in [0, 0.1) is 13.8 Å². The fraction of sp³-hybridized carbons (Fsp3) is 0.182. The quantitative estimate of drug-likeness (QED) is 0.742. The maximum atomic E-state index is 12.6. The maximum Gasteiger partial charge on any atom is 0.253 e. The van der Waals surface area contributed by atoms with Gasteiger partial charge in [-0.15, -0.1) is 0 Å². The number of carbonyl (C=O) groups is 1. The Hall–Kier alpha value is -2.94. The molecule has 1 aromatic heterocycles. The first-order valence-corrected chi connectivity index (χ1v) is 8.42. The summed E-state index contributed by atoms with van der Waals surface area (Å²) in [6.45, 7) is 6.09. The van der Waals surface area contributed by atoms with Crippen LogP contribution in [0.25, 0.3) is 11.1 Å². The highest BCUT2D eigenvalue weighted by Crippen LogP contribution is 2.20. The van der Waals surface area contributed by atoms with Crippen LogP contribution in [0.2, 0.25) is 0 Å². The van der Waals surface area contributed by atoms with Crippen LogP contribution in [0.15, 0.2) is 67.0 Å². The van der Waals surface area contributed by atoms with E-state index in [0.717, 1.165) is 16.7 Å². The molecule has 1 amide bonds. The van der Waals surface area contributed by atoms with Gasteiger partial charge in [0.15, 0.2) is 0 Å². The number of benzene rings is 2. The monoisotopic (exact) mass is 330 g/mol. The summed E-state index contributed by atoms with van der Waals surface area (Å²) < 4.78 is 0. The van der Waals surface area contributed by atoms with Crippen LogP contribution in [0.5, 0.6) is 0 Å². The molecule has 25 heavy (non-hydrogen) atoms. The molecular weight excluding hydrogens is 308 g/mol. The summed E-state index contributed by atoms with van der Waals surface area (Å²) in [5, 5.41) is 3.04. The number of hydrogen-bond acceptors (Lipinski definition) is 2. The molecule has 0 saturated carbocycles. The largest absolute Gasteiger partial charge is 0.345 e. The van der Waals surface area contributed by atoms with E-state index < -0.39 is 0 Å². The first-order chi connectivity index (χ1) is 12.0. The highest BCUT2D eigenvalue weighted by molar-refractivity contribution is 5.95. The van der Waals surface area contributed by atoms with Crippen molar-refractivity contribution in [3.05, 3.63) is 89.2 Å². The van der Waals surface area contributed by atoms with Gasteiger partial charge < -0.3 is 5.32 Å². The highest BCUT2D eigenvalue weighted by Gasteiger charge is 2.12. The zero-order valence-corrected chi connectivity index (χ0v) is 14.8. The van der Waals surface area contributed by atoms with Gasteiger partial charge in [-0.2, -0.15) is 0 Å². The van der Waals surface area contributed by atoms with Crippen LogP contribution in [-0.2, 0) is 0 Å². The van der Waals surface area contributed by atoms with Crippen LogP contribution < -0.4 is 5.32 Å². The molecule has 0 aliphatic rings. The second-order valence-corrected chi connectivity index (χ2v) is 6.43. The smallest absolute Gasteiger partial charge is 0.253 e. The van der Waals surface area contributed by atoms with Crippen molar-refractivity contribution in [2.24, 2.45) is 0 Å². The first-order valence-electron chi connectivity index (χ1n) is 8.42. The molecule has 0 aliphatic heterocycles. The fourth-order valence-electron chi connectivity index (χ4n) is 2.69. The Morgan fingerprint density at radius 2 is 1.48 bits per heavy atom. The molecule has 1 heterocycles. The summed E-state index contributed by atoms with van der Waals surface area (Å²) in [6.07, 6.45) is 3.39. The molecule has 0 spiro atoms. The van der Waals surface area contributed by atoms with Crippen molar-refractivity contribution in [3.8, 4) is 11.1 Å². The lowest BCUT2D eigenvalue weighted by Crippen LogP contribution is -2.26. The van der Waals surface area contributed by atoms with E-state index in [1.807, 2.05) is 37.3 Å². The second-order valence-electron chi connectivity index (χ2n) is 6.43. The molecule has 2 aromatic carbocycles. The van der Waals surface area contributed by atoms with E-state index in [1.165, 1.54) is 11.1 Å². The second kappa shape index (κ2) is 7.31. The molecule has 1 atom stereocenters. The molecule has 3 aromatic rings. The molecular formula is C22H22N2O. The van der Waals surface area contributed by atoms with Crippen LogP contribution in [0.1, 0.15) is 40.0 Å². The van der Waals surface area contributed by atoms with E-state index in [0.29, 0.717) is 5.56 Å². The maximum absolute atomic E-state index is 12.6. The Kier molecular flexibility index (Phi) is 4.94. The van der Waals surface area contributed by atoms with E-state index in [1.54, 1.807) is 12.4 Å². The predicted molar refractivity (Wildman–Crippen MR) is 101 cm³/mol. The van der Waals surface area contributed by atoms with Crippen LogP contribution in [0.3, 0.4) is 0 Å². The summed E-state index contributed by atoms with van der Waals surface area (Å²) in [7, 11) is 0. The van der Waals surface area contributed by atoms with Gasteiger partial charge in [0.1, 0.15) is 0 Å². The van der Waals surface area contributed by atoms with E-state index >= 15 is 0 Å². The first kappa shape index (κ1) is 16.9. The number of aromatic nitrogens is 1. The van der Waals surface area contributed by atoms with Crippen molar-refractivity contribution in [3.63, 3.8) is 0 Å². The average molecular weight is 330 g/mol. The van der Waals surface area contributed by atoms with Crippen molar-refractivity contribution >= 4 is 5.91 Å². The number of carbonyl (C=O) groups excluding carboxylic acids is 1. The molecule has 0 saturated heterocycles. The summed E-state index contributed by atoms with van der Waals surface area (Å²) in [4.78, 5) is 16.8. The predicted octanol–water partition coefficient (Wildman–Crippen LogP) is 4.86. The number of rotatable bonds is 4. The van der Waals surface area contributed by atoms with Crippen LogP contribution in [0.4, 0.5) is 0 Å². The highest BCUT2D eigenvalue weighted by atomic mass is 16.1. The average Bonchev–Trinajstić information content (AvgIpc) is 2.63. The number of amides is 1. The van der Waals surface area contributed by atoms with Crippen molar-refractivity contribution in [2.75, 3.05) is 0 Å². The summed E-state index contributed by atoms with van der Waals surface area (Å²) >= 11 is 0. The zero-order chi connectivity index (χ0) is 17.8. The lowest BCUT2D eigenvalue weighted by atomic mass is 10.0. The number of hydrogen-bond donors (Lipinski definition) is 1. The van der Waals surface area contributed by atoms with Crippen molar-refractivity contribution < 1.29 is 4.79 Å². The lowest BCUT2D eigenvalue weighted by Gasteiger charge is -2.15. The minimum absolute atomic E-state index is 0.0591. The van der Waals surface area contributed by atoms with Gasteiger partial charge in [0.2, 0.25) is 0 Å². The van der Waals surface area contributed by atoms with Crippen molar-refractivity contribution in [1.82, 2.24) is 10.3 Å². The minimum atomic E-state index is -0.116. The van der Waals surface area contributed by atoms with Gasteiger partial charge >= 0.3 is 0 Å². The Morgan fingerprint density at radius 3 is 2.12 bits per heavy atom. The van der Waals surface area contributed by atoms with Crippen molar-refractivity contribution in [2.45, 2.75) is 26.8 Å². The molecule has 1 N–H and O–H groups in total. The zero-order valence-electron chi connectivity index (χ0n) is 14.8. The van der Waals surface area contributed by atoms with Gasteiger partial charge in [-0.1, -0.05) is 59.7 Å². The number of pyridine rings is 1. The molecule has 0 aliphatic carbocycles.